The smallest absolute Gasteiger partial charge is 0.256 e. The quantitative estimate of drug-likeness (QED) is 0.812. The third-order valence-corrected chi connectivity index (χ3v) is 4.21. The lowest BCUT2D eigenvalue weighted by atomic mass is 10.2. The van der Waals surface area contributed by atoms with Crippen LogP contribution >= 0.6 is 23.2 Å². The fourth-order valence-corrected chi connectivity index (χ4v) is 2.43. The van der Waals surface area contributed by atoms with E-state index in [0.29, 0.717) is 12.1 Å². The normalized spacial score (nSPS) is 14.2. The number of pyridine rings is 1. The molecule has 1 fully saturated rings. The fourth-order valence-electron chi connectivity index (χ4n) is 2.16. The minimum absolute atomic E-state index is 0.0911. The van der Waals surface area contributed by atoms with Gasteiger partial charge in [0.2, 0.25) is 0 Å². The van der Waals surface area contributed by atoms with Crippen LogP contribution in [0.25, 0.3) is 0 Å². The highest BCUT2D eigenvalue weighted by Gasteiger charge is 2.34. The van der Waals surface area contributed by atoms with E-state index in [1.807, 2.05) is 22.7 Å². The lowest BCUT2D eigenvalue weighted by molar-refractivity contribution is 0.0723. The third-order valence-electron chi connectivity index (χ3n) is 3.52. The van der Waals surface area contributed by atoms with E-state index < -0.39 is 0 Å². The molecule has 21 heavy (non-hydrogen) atoms. The number of amides is 1. The first-order valence-corrected chi connectivity index (χ1v) is 7.40. The van der Waals surface area contributed by atoms with Crippen LogP contribution in [0.15, 0.2) is 24.7 Å². The van der Waals surface area contributed by atoms with Gasteiger partial charge in [0.15, 0.2) is 0 Å². The van der Waals surface area contributed by atoms with Gasteiger partial charge in [-0.2, -0.15) is 0 Å². The molecule has 0 aromatic carbocycles. The van der Waals surface area contributed by atoms with Gasteiger partial charge in [0.05, 0.1) is 17.1 Å². The number of hydrogen-bond donors (Lipinski definition) is 0. The topological polar surface area (TPSA) is 51.0 Å². The van der Waals surface area contributed by atoms with Crippen molar-refractivity contribution >= 4 is 29.1 Å². The first kappa shape index (κ1) is 14.4. The molecule has 110 valence electrons. The van der Waals surface area contributed by atoms with Crippen LogP contribution in [0.5, 0.6) is 0 Å². The van der Waals surface area contributed by atoms with Crippen LogP contribution in [0, 0.1) is 0 Å². The fraction of sp³-hybridized carbons (Fsp3) is 0.357. The first-order valence-electron chi connectivity index (χ1n) is 6.64. The molecule has 0 atom stereocenters. The summed E-state index contributed by atoms with van der Waals surface area (Å²) in [6.07, 6.45) is 7.09. The molecule has 2 aromatic heterocycles. The Morgan fingerprint density at radius 3 is 2.76 bits per heavy atom. The minimum atomic E-state index is -0.0911. The number of nitrogens with zero attached hydrogens (tertiary/aromatic N) is 4. The van der Waals surface area contributed by atoms with Gasteiger partial charge in [-0.3, -0.25) is 4.79 Å². The van der Waals surface area contributed by atoms with Crippen LogP contribution in [-0.2, 0) is 13.6 Å². The van der Waals surface area contributed by atoms with Crippen molar-refractivity contribution in [3.63, 3.8) is 0 Å². The SMILES string of the molecule is Cn1ccnc1CN(C(=O)c1cnc(Cl)c(Cl)c1)C1CC1. The van der Waals surface area contributed by atoms with Gasteiger partial charge in [0.25, 0.3) is 5.91 Å². The number of imidazole rings is 1. The number of halogens is 2. The molecule has 1 saturated carbocycles. The molecule has 0 spiro atoms. The Balaban J connectivity index is 1.85. The van der Waals surface area contributed by atoms with Crippen molar-refractivity contribution in [1.29, 1.82) is 0 Å². The molecule has 1 aliphatic carbocycles. The standard InChI is InChI=1S/C14H14Cl2N4O/c1-19-5-4-17-12(19)8-20(10-2-3-10)14(21)9-6-11(15)13(16)18-7-9/h4-7,10H,2-3,8H2,1H3. The number of aryl methyl sites for hydroxylation is 1. The van der Waals surface area contributed by atoms with Crippen LogP contribution in [0.3, 0.4) is 0 Å². The summed E-state index contributed by atoms with van der Waals surface area (Å²) in [4.78, 5) is 22.7. The van der Waals surface area contributed by atoms with Crippen LogP contribution < -0.4 is 0 Å². The number of hydrogen-bond acceptors (Lipinski definition) is 3. The average Bonchev–Trinajstić information content (AvgIpc) is 3.22. The van der Waals surface area contributed by atoms with E-state index in [0.717, 1.165) is 18.7 Å². The zero-order valence-electron chi connectivity index (χ0n) is 11.5. The molecular weight excluding hydrogens is 311 g/mol. The van der Waals surface area contributed by atoms with Crippen molar-refractivity contribution < 1.29 is 4.79 Å². The highest BCUT2D eigenvalue weighted by Crippen LogP contribution is 2.30. The van der Waals surface area contributed by atoms with Gasteiger partial charge in [0.1, 0.15) is 11.0 Å². The highest BCUT2D eigenvalue weighted by atomic mass is 35.5. The number of carbonyl (C=O) groups is 1. The van der Waals surface area contributed by atoms with E-state index in [1.54, 1.807) is 12.3 Å². The van der Waals surface area contributed by atoms with E-state index in [1.165, 1.54) is 6.20 Å². The van der Waals surface area contributed by atoms with Gasteiger partial charge in [-0.15, -0.1) is 0 Å². The average molecular weight is 325 g/mol. The molecule has 2 aromatic rings. The lowest BCUT2D eigenvalue weighted by Crippen LogP contribution is -2.33. The second-order valence-corrected chi connectivity index (χ2v) is 5.88. The monoisotopic (exact) mass is 324 g/mol. The Labute approximate surface area is 132 Å². The van der Waals surface area contributed by atoms with Crippen molar-refractivity contribution in [3.05, 3.63) is 46.2 Å². The highest BCUT2D eigenvalue weighted by molar-refractivity contribution is 6.41. The molecule has 0 saturated heterocycles. The van der Waals surface area contributed by atoms with E-state index in [-0.39, 0.29) is 22.1 Å². The van der Waals surface area contributed by atoms with Crippen molar-refractivity contribution in [3.8, 4) is 0 Å². The van der Waals surface area contributed by atoms with Gasteiger partial charge in [0, 0.05) is 31.7 Å². The molecule has 1 aliphatic rings. The summed E-state index contributed by atoms with van der Waals surface area (Å²) < 4.78 is 1.91. The molecule has 7 heteroatoms. The number of rotatable bonds is 4. The Kier molecular flexibility index (Phi) is 3.87. The maximum Gasteiger partial charge on any atom is 0.256 e. The molecule has 0 unspecified atom stereocenters. The van der Waals surface area contributed by atoms with Gasteiger partial charge < -0.3 is 9.47 Å². The first-order chi connectivity index (χ1) is 10.1. The Morgan fingerprint density at radius 2 is 2.19 bits per heavy atom. The zero-order chi connectivity index (χ0) is 15.0. The second kappa shape index (κ2) is 5.66. The van der Waals surface area contributed by atoms with E-state index in [2.05, 4.69) is 9.97 Å². The molecule has 1 amide bonds. The van der Waals surface area contributed by atoms with Gasteiger partial charge >= 0.3 is 0 Å². The Bertz CT molecular complexity index is 681. The third kappa shape index (κ3) is 3.04. The second-order valence-electron chi connectivity index (χ2n) is 5.12. The molecule has 0 N–H and O–H groups in total. The molecule has 0 bridgehead atoms. The Morgan fingerprint density at radius 1 is 1.43 bits per heavy atom. The van der Waals surface area contributed by atoms with Crippen molar-refractivity contribution in [2.75, 3.05) is 0 Å². The molecule has 0 aliphatic heterocycles. The van der Waals surface area contributed by atoms with E-state index in [9.17, 15) is 4.79 Å². The molecule has 0 radical (unpaired) electrons. The Hall–Kier alpha value is -1.59. The van der Waals surface area contributed by atoms with Crippen molar-refractivity contribution in [2.24, 2.45) is 7.05 Å². The molecular formula is C14H14Cl2N4O. The van der Waals surface area contributed by atoms with Gasteiger partial charge in [-0.25, -0.2) is 9.97 Å². The van der Waals surface area contributed by atoms with Crippen LogP contribution in [0.4, 0.5) is 0 Å². The largest absolute Gasteiger partial charge is 0.337 e. The summed E-state index contributed by atoms with van der Waals surface area (Å²) in [6, 6.07) is 1.83. The van der Waals surface area contributed by atoms with Gasteiger partial charge in [-0.05, 0) is 18.9 Å². The maximum atomic E-state index is 12.7. The number of aromatic nitrogens is 3. The summed E-state index contributed by atoms with van der Waals surface area (Å²) in [6.45, 7) is 0.479. The van der Waals surface area contributed by atoms with Crippen molar-refractivity contribution in [2.45, 2.75) is 25.4 Å². The molecule has 3 rings (SSSR count). The summed E-state index contributed by atoms with van der Waals surface area (Å²) in [7, 11) is 1.92. The van der Waals surface area contributed by atoms with Crippen LogP contribution in [0.1, 0.15) is 29.0 Å². The van der Waals surface area contributed by atoms with E-state index in [4.69, 9.17) is 23.2 Å². The summed E-state index contributed by atoms with van der Waals surface area (Å²) in [5.74, 6) is 0.759. The summed E-state index contributed by atoms with van der Waals surface area (Å²) in [5, 5.41) is 0.491. The molecule has 5 nitrogen and oxygen atoms in total. The molecule has 2 heterocycles. The minimum Gasteiger partial charge on any atom is -0.337 e. The lowest BCUT2D eigenvalue weighted by Gasteiger charge is -2.22. The number of carbonyl (C=O) groups excluding carboxylic acids is 1. The predicted octanol–water partition coefficient (Wildman–Crippen LogP) is 2.93. The maximum absolute atomic E-state index is 12.7. The summed E-state index contributed by atoms with van der Waals surface area (Å²) in [5.41, 5.74) is 0.450. The zero-order valence-corrected chi connectivity index (χ0v) is 13.0. The van der Waals surface area contributed by atoms with Crippen molar-refractivity contribution in [1.82, 2.24) is 19.4 Å². The van der Waals surface area contributed by atoms with E-state index >= 15 is 0 Å². The predicted molar refractivity (Wildman–Crippen MR) is 80.4 cm³/mol. The van der Waals surface area contributed by atoms with Gasteiger partial charge in [-0.1, -0.05) is 23.2 Å². The van der Waals surface area contributed by atoms with Crippen LogP contribution in [0.2, 0.25) is 10.2 Å². The summed E-state index contributed by atoms with van der Waals surface area (Å²) >= 11 is 11.7. The van der Waals surface area contributed by atoms with Crippen LogP contribution in [-0.4, -0.2) is 31.4 Å².